The zero-order valence-electron chi connectivity index (χ0n) is 11.8. The van der Waals surface area contributed by atoms with Crippen molar-refractivity contribution in [1.29, 1.82) is 0 Å². The van der Waals surface area contributed by atoms with Gasteiger partial charge in [0.25, 0.3) is 0 Å². The van der Waals surface area contributed by atoms with Gasteiger partial charge in [-0.1, -0.05) is 30.3 Å². The zero-order valence-corrected chi connectivity index (χ0v) is 11.8. The predicted molar refractivity (Wildman–Crippen MR) is 82.9 cm³/mol. The lowest BCUT2D eigenvalue weighted by molar-refractivity contribution is 0.414. The Hall–Kier alpha value is -2.55. The largest absolute Gasteiger partial charge is 0.497 e. The van der Waals surface area contributed by atoms with Gasteiger partial charge in [-0.25, -0.2) is 0 Å². The van der Waals surface area contributed by atoms with Crippen LogP contribution in [0, 0.1) is 0 Å². The van der Waals surface area contributed by atoms with Gasteiger partial charge >= 0.3 is 0 Å². The molecule has 2 aromatic carbocycles. The van der Waals surface area contributed by atoms with E-state index in [2.05, 4.69) is 12.1 Å². The Balaban J connectivity index is 1.90. The molecule has 0 fully saturated rings. The molecule has 0 saturated carbocycles. The molecule has 3 nitrogen and oxygen atoms in total. The van der Waals surface area contributed by atoms with Gasteiger partial charge in [0.1, 0.15) is 17.1 Å². The van der Waals surface area contributed by atoms with E-state index in [0.29, 0.717) is 28.9 Å². The number of aryl methyl sites for hydroxylation is 2. The van der Waals surface area contributed by atoms with Crippen molar-refractivity contribution in [3.8, 4) is 5.75 Å². The number of methoxy groups -OCH3 is 1. The van der Waals surface area contributed by atoms with E-state index < -0.39 is 0 Å². The van der Waals surface area contributed by atoms with Crippen molar-refractivity contribution < 1.29 is 9.15 Å². The number of hydrogen-bond acceptors (Lipinski definition) is 3. The molecule has 0 unspecified atom stereocenters. The average Bonchev–Trinajstić information content (AvgIpc) is 2.53. The van der Waals surface area contributed by atoms with Gasteiger partial charge in [0.2, 0.25) is 0 Å². The van der Waals surface area contributed by atoms with Crippen LogP contribution in [0.5, 0.6) is 5.75 Å². The highest BCUT2D eigenvalue weighted by Gasteiger charge is 2.06. The molecule has 0 aliphatic carbocycles. The van der Waals surface area contributed by atoms with Gasteiger partial charge < -0.3 is 9.15 Å². The third-order valence-corrected chi connectivity index (χ3v) is 3.49. The number of hydrogen-bond donors (Lipinski definition) is 0. The first-order valence-corrected chi connectivity index (χ1v) is 6.91. The minimum absolute atomic E-state index is 0.0121. The predicted octanol–water partition coefficient (Wildman–Crippen LogP) is 3.59. The molecule has 0 aliphatic heterocycles. The van der Waals surface area contributed by atoms with E-state index in [1.807, 2.05) is 18.2 Å². The molecule has 3 rings (SSSR count). The summed E-state index contributed by atoms with van der Waals surface area (Å²) in [6.07, 6.45) is 1.55. The molecular weight excluding hydrogens is 264 g/mol. The standard InChI is InChI=1S/C18H16O3/c1-20-14-9-10-16-17(19)11-15(21-18(16)12-14)8-7-13-5-3-2-4-6-13/h2-6,9-12H,7-8H2,1H3. The highest BCUT2D eigenvalue weighted by atomic mass is 16.5. The molecule has 0 atom stereocenters. The Labute approximate surface area is 122 Å². The van der Waals surface area contributed by atoms with Crippen LogP contribution in [0.2, 0.25) is 0 Å². The van der Waals surface area contributed by atoms with E-state index in [1.54, 1.807) is 31.4 Å². The maximum atomic E-state index is 12.1. The van der Waals surface area contributed by atoms with Crippen LogP contribution in [0.15, 0.2) is 63.8 Å². The topological polar surface area (TPSA) is 39.4 Å². The minimum Gasteiger partial charge on any atom is -0.497 e. The van der Waals surface area contributed by atoms with Crippen LogP contribution in [0.4, 0.5) is 0 Å². The molecule has 106 valence electrons. The van der Waals surface area contributed by atoms with Gasteiger partial charge in [0.05, 0.1) is 12.5 Å². The second-order valence-corrected chi connectivity index (χ2v) is 4.92. The molecule has 1 aromatic heterocycles. The molecule has 1 heterocycles. The summed E-state index contributed by atoms with van der Waals surface area (Å²) in [5.41, 5.74) is 1.79. The maximum absolute atomic E-state index is 12.1. The molecule has 0 amide bonds. The first kappa shape index (κ1) is 13.4. The smallest absolute Gasteiger partial charge is 0.192 e. The lowest BCUT2D eigenvalue weighted by atomic mass is 10.1. The van der Waals surface area contributed by atoms with Crippen molar-refractivity contribution >= 4 is 11.0 Å². The zero-order chi connectivity index (χ0) is 14.7. The fourth-order valence-corrected chi connectivity index (χ4v) is 2.35. The maximum Gasteiger partial charge on any atom is 0.192 e. The van der Waals surface area contributed by atoms with Crippen LogP contribution in [0.25, 0.3) is 11.0 Å². The van der Waals surface area contributed by atoms with Crippen LogP contribution < -0.4 is 10.2 Å². The van der Waals surface area contributed by atoms with Crippen molar-refractivity contribution in [2.45, 2.75) is 12.8 Å². The lowest BCUT2D eigenvalue weighted by Crippen LogP contribution is -2.03. The second kappa shape index (κ2) is 5.83. The normalized spacial score (nSPS) is 10.7. The summed E-state index contributed by atoms with van der Waals surface area (Å²) in [5, 5.41) is 0.583. The van der Waals surface area contributed by atoms with Crippen LogP contribution in [0.3, 0.4) is 0 Å². The summed E-state index contributed by atoms with van der Waals surface area (Å²) in [4.78, 5) is 12.1. The minimum atomic E-state index is -0.0121. The summed E-state index contributed by atoms with van der Waals surface area (Å²) in [5.74, 6) is 1.38. The van der Waals surface area contributed by atoms with Crippen LogP contribution in [0.1, 0.15) is 11.3 Å². The highest BCUT2D eigenvalue weighted by Crippen LogP contribution is 2.20. The molecule has 3 aromatic rings. The van der Waals surface area contributed by atoms with E-state index >= 15 is 0 Å². The first-order valence-electron chi connectivity index (χ1n) is 6.91. The van der Waals surface area contributed by atoms with E-state index in [-0.39, 0.29) is 5.43 Å². The highest BCUT2D eigenvalue weighted by molar-refractivity contribution is 5.77. The molecule has 0 bridgehead atoms. The molecule has 3 heteroatoms. The lowest BCUT2D eigenvalue weighted by Gasteiger charge is -2.05. The van der Waals surface area contributed by atoms with E-state index in [4.69, 9.17) is 9.15 Å². The summed E-state index contributed by atoms with van der Waals surface area (Å²) in [6.45, 7) is 0. The third-order valence-electron chi connectivity index (χ3n) is 3.49. The van der Waals surface area contributed by atoms with Crippen molar-refractivity contribution in [2.75, 3.05) is 7.11 Å². The van der Waals surface area contributed by atoms with Gasteiger partial charge in [0.15, 0.2) is 5.43 Å². The van der Waals surface area contributed by atoms with Crippen LogP contribution in [-0.2, 0) is 12.8 Å². The Morgan fingerprint density at radius 3 is 2.57 bits per heavy atom. The summed E-state index contributed by atoms with van der Waals surface area (Å²) >= 11 is 0. The average molecular weight is 280 g/mol. The number of fused-ring (bicyclic) bond motifs is 1. The monoisotopic (exact) mass is 280 g/mol. The van der Waals surface area contributed by atoms with E-state index in [0.717, 1.165) is 6.42 Å². The molecule has 0 N–H and O–H groups in total. The molecule has 0 saturated heterocycles. The molecular formula is C18H16O3. The quantitative estimate of drug-likeness (QED) is 0.733. The van der Waals surface area contributed by atoms with Crippen LogP contribution in [-0.4, -0.2) is 7.11 Å². The SMILES string of the molecule is COc1ccc2c(=O)cc(CCc3ccccc3)oc2c1. The summed E-state index contributed by atoms with van der Waals surface area (Å²) in [7, 11) is 1.60. The fourth-order valence-electron chi connectivity index (χ4n) is 2.35. The van der Waals surface area contributed by atoms with Gasteiger partial charge in [-0.2, -0.15) is 0 Å². The fraction of sp³-hybridized carbons (Fsp3) is 0.167. The Kier molecular flexibility index (Phi) is 3.73. The molecule has 21 heavy (non-hydrogen) atoms. The van der Waals surface area contributed by atoms with E-state index in [1.165, 1.54) is 5.56 Å². The van der Waals surface area contributed by atoms with Crippen molar-refractivity contribution in [1.82, 2.24) is 0 Å². The first-order chi connectivity index (χ1) is 10.3. The second-order valence-electron chi connectivity index (χ2n) is 4.92. The van der Waals surface area contributed by atoms with Gasteiger partial charge in [-0.3, -0.25) is 4.79 Å². The van der Waals surface area contributed by atoms with Gasteiger partial charge in [0, 0.05) is 18.6 Å². The van der Waals surface area contributed by atoms with Gasteiger partial charge in [-0.05, 0) is 24.1 Å². The number of benzene rings is 2. The number of rotatable bonds is 4. The molecule has 0 radical (unpaired) electrons. The number of ether oxygens (including phenoxy) is 1. The summed E-state index contributed by atoms with van der Waals surface area (Å²) in [6, 6.07) is 17.0. The Morgan fingerprint density at radius 2 is 1.81 bits per heavy atom. The molecule has 0 aliphatic rings. The summed E-state index contributed by atoms with van der Waals surface area (Å²) < 4.78 is 11.0. The van der Waals surface area contributed by atoms with E-state index in [9.17, 15) is 4.79 Å². The van der Waals surface area contributed by atoms with Crippen molar-refractivity contribution in [3.05, 3.63) is 76.1 Å². The van der Waals surface area contributed by atoms with Crippen molar-refractivity contribution in [2.24, 2.45) is 0 Å². The third kappa shape index (κ3) is 2.97. The van der Waals surface area contributed by atoms with Crippen molar-refractivity contribution in [3.63, 3.8) is 0 Å². The van der Waals surface area contributed by atoms with Crippen LogP contribution >= 0.6 is 0 Å². The Morgan fingerprint density at radius 1 is 1.00 bits per heavy atom. The van der Waals surface area contributed by atoms with Gasteiger partial charge in [-0.15, -0.1) is 0 Å². The Bertz CT molecular complexity index is 804. The molecule has 0 spiro atoms.